The molecule has 3 N–H and O–H groups in total. The van der Waals surface area contributed by atoms with E-state index >= 15 is 0 Å². The van der Waals surface area contributed by atoms with Gasteiger partial charge < -0.3 is 25.4 Å². The number of carbonyl (C=O) groups excluding carboxylic acids is 3. The summed E-state index contributed by atoms with van der Waals surface area (Å²) in [4.78, 5) is 41.7. The van der Waals surface area contributed by atoms with E-state index in [1.54, 1.807) is 11.9 Å². The number of hydrogen-bond acceptors (Lipinski definition) is 5. The summed E-state index contributed by atoms with van der Waals surface area (Å²) < 4.78 is 6.38. The van der Waals surface area contributed by atoms with Gasteiger partial charge in [-0.25, -0.2) is 0 Å². The molecule has 4 aliphatic rings. The molecule has 2 unspecified atom stereocenters. The molecule has 31 heavy (non-hydrogen) atoms. The molecule has 3 saturated heterocycles. The molecule has 2 bridgehead atoms. The molecule has 0 aromatic heterocycles. The summed E-state index contributed by atoms with van der Waals surface area (Å²) in [5, 5.41) is 16.1. The first-order chi connectivity index (χ1) is 14.8. The average Bonchev–Trinajstić information content (AvgIpc) is 3.39. The number of nitrogens with one attached hydrogen (secondary N) is 2. The lowest BCUT2D eigenvalue weighted by atomic mass is 9.70. The second-order valence-corrected chi connectivity index (χ2v) is 10.2. The van der Waals surface area contributed by atoms with E-state index in [4.69, 9.17) is 4.74 Å². The third-order valence-corrected chi connectivity index (χ3v) is 7.83. The minimum atomic E-state index is -0.984. The van der Waals surface area contributed by atoms with Gasteiger partial charge in [0.25, 0.3) is 0 Å². The van der Waals surface area contributed by atoms with Gasteiger partial charge in [0, 0.05) is 13.1 Å². The first kappa shape index (κ1) is 22.5. The highest BCUT2D eigenvalue weighted by molar-refractivity contribution is 5.99. The fourth-order valence-corrected chi connectivity index (χ4v) is 6.60. The number of carbonyl (C=O) groups is 3. The fourth-order valence-electron chi connectivity index (χ4n) is 6.60. The van der Waals surface area contributed by atoms with Crippen LogP contribution in [0.2, 0.25) is 0 Å². The van der Waals surface area contributed by atoms with Gasteiger partial charge in [-0.3, -0.25) is 14.4 Å². The first-order valence-electron chi connectivity index (χ1n) is 12.0. The largest absolute Gasteiger partial charge is 0.394 e. The molecular weight excluding hydrogens is 398 g/mol. The number of aliphatic hydroxyl groups is 1. The maximum Gasteiger partial charge on any atom is 0.246 e. The van der Waals surface area contributed by atoms with Crippen LogP contribution in [0.15, 0.2) is 0 Å². The molecule has 6 atom stereocenters. The van der Waals surface area contributed by atoms with E-state index in [2.05, 4.69) is 10.6 Å². The predicted molar refractivity (Wildman–Crippen MR) is 114 cm³/mol. The van der Waals surface area contributed by atoms with Crippen molar-refractivity contribution in [3.05, 3.63) is 0 Å². The van der Waals surface area contributed by atoms with Crippen molar-refractivity contribution >= 4 is 17.7 Å². The highest BCUT2D eigenvalue weighted by Gasteiger charge is 2.75. The fraction of sp³-hybridized carbons (Fsp3) is 0.870. The maximum absolute atomic E-state index is 13.8. The van der Waals surface area contributed by atoms with E-state index in [1.165, 1.54) is 6.42 Å². The summed E-state index contributed by atoms with van der Waals surface area (Å²) in [6, 6.07) is -1.16. The molecule has 0 aromatic rings. The van der Waals surface area contributed by atoms with Gasteiger partial charge in [-0.1, -0.05) is 33.1 Å². The lowest BCUT2D eigenvalue weighted by Gasteiger charge is -2.38. The molecule has 0 radical (unpaired) electrons. The van der Waals surface area contributed by atoms with Crippen molar-refractivity contribution < 1.29 is 24.2 Å². The molecule has 3 heterocycles. The Labute approximate surface area is 184 Å². The monoisotopic (exact) mass is 435 g/mol. The topological polar surface area (TPSA) is 108 Å². The van der Waals surface area contributed by atoms with Crippen LogP contribution in [-0.4, -0.2) is 71.2 Å². The van der Waals surface area contributed by atoms with Crippen LogP contribution < -0.4 is 10.6 Å². The summed E-state index contributed by atoms with van der Waals surface area (Å²) >= 11 is 0. The Balaban J connectivity index is 1.70. The Bertz CT molecular complexity index is 722. The van der Waals surface area contributed by atoms with Crippen LogP contribution in [0.3, 0.4) is 0 Å². The van der Waals surface area contributed by atoms with Gasteiger partial charge in [0.15, 0.2) is 0 Å². The quantitative estimate of drug-likeness (QED) is 0.552. The van der Waals surface area contributed by atoms with Gasteiger partial charge in [0.05, 0.1) is 30.6 Å². The number of aliphatic hydroxyl groups excluding tert-OH is 1. The van der Waals surface area contributed by atoms with Crippen molar-refractivity contribution in [3.63, 3.8) is 0 Å². The third kappa shape index (κ3) is 3.65. The molecule has 1 aliphatic carbocycles. The number of fused-ring (bicyclic) bond motifs is 1. The number of amides is 3. The number of likely N-dealkylation sites (tertiary alicyclic amines) is 1. The number of nitrogens with zero attached hydrogens (tertiary/aromatic N) is 1. The second kappa shape index (κ2) is 8.70. The average molecular weight is 436 g/mol. The normalized spacial score (nSPS) is 36.0. The van der Waals surface area contributed by atoms with Crippen molar-refractivity contribution in [2.24, 2.45) is 17.8 Å². The Kier molecular flexibility index (Phi) is 6.32. The van der Waals surface area contributed by atoms with Gasteiger partial charge in [-0.2, -0.15) is 0 Å². The summed E-state index contributed by atoms with van der Waals surface area (Å²) in [5.41, 5.74) is -0.984. The zero-order chi connectivity index (χ0) is 22.3. The zero-order valence-corrected chi connectivity index (χ0v) is 18.9. The molecule has 0 aromatic carbocycles. The summed E-state index contributed by atoms with van der Waals surface area (Å²) in [6.07, 6.45) is 6.77. The Morgan fingerprint density at radius 1 is 1.19 bits per heavy atom. The van der Waals surface area contributed by atoms with Gasteiger partial charge in [0.1, 0.15) is 11.6 Å². The smallest absolute Gasteiger partial charge is 0.246 e. The van der Waals surface area contributed by atoms with Gasteiger partial charge >= 0.3 is 0 Å². The minimum Gasteiger partial charge on any atom is -0.394 e. The summed E-state index contributed by atoms with van der Waals surface area (Å²) in [5.74, 6) is -1.63. The van der Waals surface area contributed by atoms with Crippen molar-refractivity contribution in [2.75, 3.05) is 13.7 Å². The number of hydrogen-bond donors (Lipinski definition) is 3. The molecule has 1 spiro atoms. The van der Waals surface area contributed by atoms with E-state index in [1.807, 2.05) is 13.8 Å². The van der Waals surface area contributed by atoms with E-state index < -0.39 is 29.5 Å². The zero-order valence-electron chi connectivity index (χ0n) is 18.9. The van der Waals surface area contributed by atoms with Gasteiger partial charge in [-0.05, 0) is 38.0 Å². The Morgan fingerprint density at radius 3 is 2.52 bits per heavy atom. The van der Waals surface area contributed by atoms with Crippen LogP contribution in [-0.2, 0) is 19.1 Å². The third-order valence-electron chi connectivity index (χ3n) is 7.83. The number of ether oxygens (including phenoxy) is 1. The van der Waals surface area contributed by atoms with Crippen LogP contribution in [0.4, 0.5) is 0 Å². The van der Waals surface area contributed by atoms with E-state index in [0.29, 0.717) is 19.3 Å². The number of rotatable bonds is 7. The van der Waals surface area contributed by atoms with Crippen molar-refractivity contribution in [2.45, 2.75) is 95.0 Å². The standard InChI is InChI=1S/C23H37N3O5/c1-13(2)11-15(12-27)26-19(21(29)25-14-7-5-4-6-8-14)23-10-9-16(31-23)17(20(28)24-3)18(23)22(26)30/h13-19,27H,4-12H2,1-3H3,(H,24,28)(H,25,29)/t15-,16-,17+,18+,19?,23?/m1/s1. The van der Waals surface area contributed by atoms with Crippen LogP contribution in [0.1, 0.15) is 65.2 Å². The highest BCUT2D eigenvalue weighted by atomic mass is 16.5. The minimum absolute atomic E-state index is 0.111. The van der Waals surface area contributed by atoms with E-state index in [0.717, 1.165) is 25.7 Å². The lowest BCUT2D eigenvalue weighted by molar-refractivity contribution is -0.146. The molecule has 8 heteroatoms. The molecule has 8 nitrogen and oxygen atoms in total. The van der Waals surface area contributed by atoms with Crippen LogP contribution in [0.5, 0.6) is 0 Å². The Hall–Kier alpha value is -1.67. The first-order valence-corrected chi connectivity index (χ1v) is 12.0. The summed E-state index contributed by atoms with van der Waals surface area (Å²) in [6.45, 7) is 3.86. The van der Waals surface area contributed by atoms with Crippen molar-refractivity contribution in [1.82, 2.24) is 15.5 Å². The summed E-state index contributed by atoms with van der Waals surface area (Å²) in [7, 11) is 1.57. The molecule has 1 saturated carbocycles. The van der Waals surface area contributed by atoms with Crippen LogP contribution in [0, 0.1) is 17.8 Å². The van der Waals surface area contributed by atoms with Gasteiger partial charge in [-0.15, -0.1) is 0 Å². The lowest BCUT2D eigenvalue weighted by Crippen LogP contribution is -2.59. The molecule has 3 amide bonds. The van der Waals surface area contributed by atoms with E-state index in [9.17, 15) is 19.5 Å². The predicted octanol–water partition coefficient (Wildman–Crippen LogP) is 0.963. The van der Waals surface area contributed by atoms with Gasteiger partial charge in [0.2, 0.25) is 17.7 Å². The van der Waals surface area contributed by atoms with Crippen LogP contribution >= 0.6 is 0 Å². The maximum atomic E-state index is 13.8. The molecule has 4 rings (SSSR count). The molecular formula is C23H37N3O5. The SMILES string of the molecule is CNC(=O)[C@@H]1[C@H]2C(=O)N([C@@H](CO)CC(C)C)C(C(=O)NC3CCCCC3)C23CC[C@H]1O3. The highest BCUT2D eigenvalue weighted by Crippen LogP contribution is 2.58. The van der Waals surface area contributed by atoms with E-state index in [-0.39, 0.29) is 42.4 Å². The molecule has 4 fully saturated rings. The Morgan fingerprint density at radius 2 is 1.90 bits per heavy atom. The molecule has 3 aliphatic heterocycles. The van der Waals surface area contributed by atoms with Crippen LogP contribution in [0.25, 0.3) is 0 Å². The second-order valence-electron chi connectivity index (χ2n) is 10.2. The van der Waals surface area contributed by atoms with Crippen molar-refractivity contribution in [1.29, 1.82) is 0 Å². The molecule has 174 valence electrons. The van der Waals surface area contributed by atoms with Crippen molar-refractivity contribution in [3.8, 4) is 0 Å².